The Morgan fingerprint density at radius 1 is 0.559 bits per heavy atom. The SMILES string of the molecule is CC(C)(C)OC(=O)N(N)CCC1CC1.N#CC1=C(Cl)CC2(Cc3ccc(Br)cc3C2)NC1=O.N#CC1=C(O)CC2(Cc3ccc(Br)cc3C2)NC1=O.Nc1c2c(nn1CCC1CC1)CC1(Cc3ccc(Br)cc3C1)NC2=O.Nc1c2c(nn1CCC1CC1)CC1(Cc3ccc(O)cc3C1)NC2=O. The van der Waals surface area contributed by atoms with E-state index in [1.54, 1.807) is 18.2 Å². The van der Waals surface area contributed by atoms with Crippen molar-refractivity contribution in [3.05, 3.63) is 175 Å². The minimum atomic E-state index is -0.482. The number of ether oxygens (including phenoxy) is 1. The normalized spacial score (nSPS) is 23.5. The fraction of sp³-hybridized carbons (Fsp3) is 0.461. The molecule has 3 fully saturated rings. The first-order valence-electron chi connectivity index (χ1n) is 35.0. The van der Waals surface area contributed by atoms with Crippen molar-refractivity contribution in [2.24, 2.45) is 23.6 Å². The first-order chi connectivity index (χ1) is 48.5. The molecule has 7 aliphatic carbocycles. The average Bonchev–Trinajstić information content (AvgIpc) is 1.58. The third-order valence-corrected chi connectivity index (χ3v) is 23.1. The minimum absolute atomic E-state index is 0.0458. The van der Waals surface area contributed by atoms with Gasteiger partial charge in [0.15, 0.2) is 5.57 Å². The summed E-state index contributed by atoms with van der Waals surface area (Å²) in [5, 5.41) is 60.6. The number of rotatable bonds is 9. The van der Waals surface area contributed by atoms with Crippen molar-refractivity contribution >= 4 is 101 Å². The molecule has 5 amide bonds. The number of nitrogen functional groups attached to an aromatic ring is 2. The van der Waals surface area contributed by atoms with Crippen molar-refractivity contribution < 1.29 is 38.9 Å². The number of nitrogens with zero attached hydrogens (tertiary/aromatic N) is 7. The number of aromatic nitrogens is 4. The molecule has 4 spiro atoms. The minimum Gasteiger partial charge on any atom is -0.511 e. The Morgan fingerprint density at radius 3 is 1.31 bits per heavy atom. The van der Waals surface area contributed by atoms with Crippen LogP contribution in [0.1, 0.15) is 168 Å². The average molecular weight is 1600 g/mol. The molecule has 6 heterocycles. The van der Waals surface area contributed by atoms with Crippen molar-refractivity contribution in [2.75, 3.05) is 18.0 Å². The van der Waals surface area contributed by atoms with Crippen LogP contribution in [0.4, 0.5) is 16.4 Å². The van der Waals surface area contributed by atoms with Crippen LogP contribution in [0.25, 0.3) is 0 Å². The molecule has 0 bridgehead atoms. The predicted molar refractivity (Wildman–Crippen MR) is 395 cm³/mol. The maximum atomic E-state index is 12.8. The van der Waals surface area contributed by atoms with Crippen LogP contribution < -0.4 is 38.6 Å². The summed E-state index contributed by atoms with van der Waals surface area (Å²) >= 11 is 16.5. The molecule has 2 aromatic heterocycles. The second-order valence-electron chi connectivity index (χ2n) is 30.8. The second kappa shape index (κ2) is 28.4. The number of anilines is 2. The molecule has 6 aromatic rings. The van der Waals surface area contributed by atoms with E-state index in [2.05, 4.69) is 104 Å². The molecule has 22 nitrogen and oxygen atoms in total. The molecule has 4 aliphatic heterocycles. The zero-order valence-electron chi connectivity index (χ0n) is 57.3. The maximum absolute atomic E-state index is 12.8. The lowest BCUT2D eigenvalue weighted by molar-refractivity contribution is -0.120. The van der Waals surface area contributed by atoms with Gasteiger partial charge in [0.2, 0.25) is 0 Å². The highest BCUT2D eigenvalue weighted by molar-refractivity contribution is 9.11. The van der Waals surface area contributed by atoms with Gasteiger partial charge in [0, 0.05) is 63.8 Å². The van der Waals surface area contributed by atoms with Crippen molar-refractivity contribution in [3.63, 3.8) is 0 Å². The van der Waals surface area contributed by atoms with Crippen LogP contribution in [-0.2, 0) is 91.6 Å². The molecule has 0 saturated heterocycles. The number of halogens is 4. The molecular formula is C76H84Br3ClN14O8. The van der Waals surface area contributed by atoms with Gasteiger partial charge in [-0.2, -0.15) is 20.7 Å². The number of phenolic OH excluding ortho intramolecular Hbond substituents is 1. The zero-order valence-corrected chi connectivity index (χ0v) is 62.9. The zero-order chi connectivity index (χ0) is 72.4. The van der Waals surface area contributed by atoms with E-state index in [0.29, 0.717) is 66.4 Å². The number of carbonyl (C=O) groups excluding carboxylic acids is 5. The summed E-state index contributed by atoms with van der Waals surface area (Å²) in [7, 11) is 0. The fourth-order valence-electron chi connectivity index (χ4n) is 15.8. The molecule has 534 valence electrons. The Balaban J connectivity index is 0.000000115. The van der Waals surface area contributed by atoms with Crippen LogP contribution >= 0.6 is 59.4 Å². The number of aromatic hydroxyl groups is 1. The number of aliphatic hydroxyl groups excluding tert-OH is 1. The quantitative estimate of drug-likeness (QED) is 0.0369. The number of aliphatic hydroxyl groups is 1. The summed E-state index contributed by atoms with van der Waals surface area (Å²) < 4.78 is 11.9. The number of nitrogens with two attached hydrogens (primary N) is 3. The van der Waals surface area contributed by atoms with Crippen LogP contribution in [0.3, 0.4) is 0 Å². The van der Waals surface area contributed by atoms with Gasteiger partial charge in [-0.1, -0.05) is 122 Å². The number of amides is 5. The second-order valence-corrected chi connectivity index (χ2v) is 34.0. The van der Waals surface area contributed by atoms with Crippen molar-refractivity contribution in [3.8, 4) is 17.9 Å². The van der Waals surface area contributed by atoms with Crippen molar-refractivity contribution in [1.29, 1.82) is 10.5 Å². The van der Waals surface area contributed by atoms with Crippen molar-refractivity contribution in [2.45, 2.75) is 196 Å². The third-order valence-electron chi connectivity index (χ3n) is 21.3. The Kier molecular flexibility index (Phi) is 20.1. The summed E-state index contributed by atoms with van der Waals surface area (Å²) in [6, 6.07) is 27.6. The Labute approximate surface area is 622 Å². The number of hydrazine groups is 1. The van der Waals surface area contributed by atoms with Crippen LogP contribution in [0.5, 0.6) is 5.75 Å². The number of benzene rings is 4. The van der Waals surface area contributed by atoms with Gasteiger partial charge in [-0.25, -0.2) is 25.0 Å². The Hall–Kier alpha value is -8.20. The smallest absolute Gasteiger partial charge is 0.424 e. The topological polar surface area (TPSA) is 348 Å². The number of hydrogen-bond acceptors (Lipinski definition) is 15. The van der Waals surface area contributed by atoms with E-state index < -0.39 is 23.1 Å². The van der Waals surface area contributed by atoms with E-state index in [0.717, 1.165) is 125 Å². The third kappa shape index (κ3) is 16.1. The van der Waals surface area contributed by atoms with Gasteiger partial charge in [-0.15, -0.1) is 0 Å². The summed E-state index contributed by atoms with van der Waals surface area (Å²) in [5.74, 6) is 8.15. The highest BCUT2D eigenvalue weighted by atomic mass is 79.9. The first-order valence-corrected chi connectivity index (χ1v) is 37.8. The highest BCUT2D eigenvalue weighted by Gasteiger charge is 2.49. The molecular weight excluding hydrogens is 1510 g/mol. The molecule has 4 aromatic carbocycles. The molecule has 3 saturated carbocycles. The molecule has 0 radical (unpaired) electrons. The number of carbonyl (C=O) groups is 5. The Morgan fingerprint density at radius 2 is 0.922 bits per heavy atom. The van der Waals surface area contributed by atoms with Gasteiger partial charge < -0.3 is 47.7 Å². The van der Waals surface area contributed by atoms with E-state index >= 15 is 0 Å². The molecule has 17 rings (SSSR count). The lowest BCUT2D eigenvalue weighted by atomic mass is 9.85. The molecule has 26 heteroatoms. The van der Waals surface area contributed by atoms with Crippen LogP contribution in [0.15, 0.2) is 108 Å². The van der Waals surface area contributed by atoms with E-state index in [9.17, 15) is 34.2 Å². The molecule has 11 aliphatic rings. The summed E-state index contributed by atoms with van der Waals surface area (Å²) in [6.45, 7) is 7.70. The van der Waals surface area contributed by atoms with Crippen LogP contribution in [-0.4, -0.2) is 98.8 Å². The fourth-order valence-corrected chi connectivity index (χ4v) is 17.4. The number of fused-ring (bicyclic) bond motifs is 6. The number of phenols is 1. The van der Waals surface area contributed by atoms with Gasteiger partial charge in [0.05, 0.1) is 33.5 Å². The van der Waals surface area contributed by atoms with E-state index in [-0.39, 0.29) is 57.0 Å². The number of aryl methyl sites for hydroxylation is 2. The van der Waals surface area contributed by atoms with E-state index in [1.165, 1.54) is 82.5 Å². The number of nitriles is 2. The van der Waals surface area contributed by atoms with Crippen molar-refractivity contribution in [1.82, 2.24) is 45.8 Å². The number of nitrogens with one attached hydrogen (secondary N) is 4. The monoisotopic (exact) mass is 1590 g/mol. The van der Waals surface area contributed by atoms with Gasteiger partial charge in [0.1, 0.15) is 57.6 Å². The standard InChI is InChI=1S/C19H21BrN4O.C19H22N4O2.C14H10BrClN2O.C14H11BrN2O2.C10H20N2O2/c20-14-4-3-12-8-19(9-13(12)7-14)10-15-16(18(25)22-19)17(21)24(23-15)6-5-11-1-2-11;20-17-16-15(22-23(17)6-5-11-1-2-11)10-19(21-18(16)25)8-12-3-4-14(24)7-13(12)9-19;15-10-2-1-8-4-14(5-9(8)3-10)6-12(16)11(7-17)13(19)18-14;15-10-2-1-8-4-14(5-9(8)3-10)6-12(18)11(7-16)13(19)17-14;1-10(2,3)14-9(13)12(11)7-6-8-4-5-8/h3-4,7,11H,1-2,5-6,8-10,21H2,(H,22,25);3-4,7,11,24H,1-2,5-6,8-10,20H2,(H,21,25);1-3H,4-6H2,(H,18,19);1-3,18H,4-6H2,(H,17,19);8H,4-7,11H2,1-3H3. The first kappa shape index (κ1) is 72.2. The molecule has 12 N–H and O–H groups in total. The van der Waals surface area contributed by atoms with E-state index in [1.807, 2.05) is 66.5 Å². The Bertz CT molecular complexity index is 4310. The van der Waals surface area contributed by atoms with Gasteiger partial charge in [-0.3, -0.25) is 19.2 Å². The summed E-state index contributed by atoms with van der Waals surface area (Å²) in [5.41, 5.74) is 23.0. The van der Waals surface area contributed by atoms with Gasteiger partial charge in [-0.05, 0) is 202 Å². The van der Waals surface area contributed by atoms with E-state index in [4.69, 9.17) is 49.3 Å². The molecule has 4 unspecified atom stereocenters. The largest absolute Gasteiger partial charge is 0.511 e. The summed E-state index contributed by atoms with van der Waals surface area (Å²) in [6.07, 6.45) is 18.9. The number of hydrogen-bond donors (Lipinski definition) is 9. The molecule has 102 heavy (non-hydrogen) atoms. The lowest BCUT2D eigenvalue weighted by Gasteiger charge is -2.33. The highest BCUT2D eigenvalue weighted by Crippen LogP contribution is 2.44. The lowest BCUT2D eigenvalue weighted by Crippen LogP contribution is -2.54. The van der Waals surface area contributed by atoms with Crippen LogP contribution in [0, 0.1) is 40.4 Å². The van der Waals surface area contributed by atoms with Gasteiger partial charge in [0.25, 0.3) is 23.6 Å². The summed E-state index contributed by atoms with van der Waals surface area (Å²) in [4.78, 5) is 60.7. The molecule has 4 atom stereocenters. The van der Waals surface area contributed by atoms with Gasteiger partial charge >= 0.3 is 6.09 Å². The maximum Gasteiger partial charge on any atom is 0.424 e. The predicted octanol–water partition coefficient (Wildman–Crippen LogP) is 11.5. The van der Waals surface area contributed by atoms with Crippen LogP contribution in [0.2, 0.25) is 0 Å².